The third kappa shape index (κ3) is 5.62. The van der Waals surface area contributed by atoms with Gasteiger partial charge in [-0.05, 0) is 30.3 Å². The summed E-state index contributed by atoms with van der Waals surface area (Å²) in [6.45, 7) is -0.963. The summed E-state index contributed by atoms with van der Waals surface area (Å²) in [4.78, 5) is 24.5. The summed E-state index contributed by atoms with van der Waals surface area (Å²) < 4.78 is 97.5. The van der Waals surface area contributed by atoms with E-state index in [1.807, 2.05) is 0 Å². The number of methoxy groups -OCH3 is 3. The lowest BCUT2D eigenvalue weighted by Gasteiger charge is -2.14. The van der Waals surface area contributed by atoms with Crippen LogP contribution in [0.5, 0.6) is 17.2 Å². The highest BCUT2D eigenvalue weighted by atomic mass is 19.4. The highest BCUT2D eigenvalue weighted by Gasteiger charge is 2.37. The largest absolute Gasteiger partial charge is 0.493 e. The molecule has 0 radical (unpaired) electrons. The fourth-order valence-corrected chi connectivity index (χ4v) is 2.61. The molecule has 6 nitrogen and oxygen atoms in total. The van der Waals surface area contributed by atoms with Crippen molar-refractivity contribution >= 4 is 11.8 Å². The van der Waals surface area contributed by atoms with Crippen molar-refractivity contribution in [2.45, 2.75) is 12.4 Å². The molecular weight excluding hydrogens is 450 g/mol. The number of carbonyl (C=O) groups excluding carboxylic acids is 2. The summed E-state index contributed by atoms with van der Waals surface area (Å²) in [5, 5.41) is 0. The van der Waals surface area contributed by atoms with Gasteiger partial charge in [0.1, 0.15) is 0 Å². The molecule has 2 aromatic carbocycles. The maximum absolute atomic E-state index is 12.9. The molecule has 0 atom stereocenters. The molecule has 0 spiro atoms. The smallest absolute Gasteiger partial charge is 0.416 e. The number of Topliss-reactive ketones (excluding diaryl/α,β-unsaturated/α-hetero) is 1. The van der Waals surface area contributed by atoms with E-state index in [-0.39, 0.29) is 41.0 Å². The van der Waals surface area contributed by atoms with E-state index in [1.165, 1.54) is 33.5 Å². The van der Waals surface area contributed by atoms with Crippen molar-refractivity contribution in [1.29, 1.82) is 0 Å². The number of hydrogen-bond donors (Lipinski definition) is 0. The quantitative estimate of drug-likeness (QED) is 0.332. The Kier molecular flexibility index (Phi) is 7.27. The molecule has 0 aliphatic carbocycles. The van der Waals surface area contributed by atoms with Crippen LogP contribution in [-0.2, 0) is 17.1 Å². The topological polar surface area (TPSA) is 71.1 Å². The minimum atomic E-state index is -5.14. The van der Waals surface area contributed by atoms with Crippen molar-refractivity contribution in [3.05, 3.63) is 52.6 Å². The Hall–Kier alpha value is -3.44. The van der Waals surface area contributed by atoms with E-state index in [4.69, 9.17) is 14.2 Å². The van der Waals surface area contributed by atoms with Crippen LogP contribution in [0.4, 0.5) is 26.3 Å². The molecule has 0 saturated carbocycles. The van der Waals surface area contributed by atoms with Gasteiger partial charge in [-0.15, -0.1) is 0 Å². The van der Waals surface area contributed by atoms with Gasteiger partial charge >= 0.3 is 18.3 Å². The van der Waals surface area contributed by atoms with Gasteiger partial charge in [-0.3, -0.25) is 4.79 Å². The first kappa shape index (κ1) is 24.8. The van der Waals surface area contributed by atoms with Gasteiger partial charge in [0.25, 0.3) is 0 Å². The zero-order chi connectivity index (χ0) is 24.3. The van der Waals surface area contributed by atoms with Crippen LogP contribution in [0.1, 0.15) is 31.8 Å². The molecule has 0 N–H and O–H groups in total. The molecule has 0 saturated heterocycles. The van der Waals surface area contributed by atoms with Crippen molar-refractivity contribution in [3.8, 4) is 17.2 Å². The Balaban J connectivity index is 2.28. The second-order valence-corrected chi connectivity index (χ2v) is 6.21. The lowest BCUT2D eigenvalue weighted by Crippen LogP contribution is -2.17. The molecule has 2 rings (SSSR count). The molecule has 0 heterocycles. The van der Waals surface area contributed by atoms with Crippen LogP contribution in [-0.4, -0.2) is 39.7 Å². The Labute approximate surface area is 177 Å². The van der Waals surface area contributed by atoms with Crippen molar-refractivity contribution in [3.63, 3.8) is 0 Å². The fourth-order valence-electron chi connectivity index (χ4n) is 2.61. The normalized spacial score (nSPS) is 11.7. The van der Waals surface area contributed by atoms with Gasteiger partial charge < -0.3 is 18.9 Å². The zero-order valence-electron chi connectivity index (χ0n) is 16.8. The number of ether oxygens (including phenoxy) is 4. The first-order chi connectivity index (χ1) is 14.8. The molecule has 0 aliphatic heterocycles. The second kappa shape index (κ2) is 9.37. The minimum absolute atomic E-state index is 0.0627. The Bertz CT molecular complexity index is 955. The molecule has 0 bridgehead atoms. The van der Waals surface area contributed by atoms with Crippen LogP contribution in [0.2, 0.25) is 0 Å². The first-order valence-electron chi connectivity index (χ1n) is 8.61. The monoisotopic (exact) mass is 466 g/mol. The van der Waals surface area contributed by atoms with Gasteiger partial charge in [-0.2, -0.15) is 26.3 Å². The second-order valence-electron chi connectivity index (χ2n) is 6.21. The summed E-state index contributed by atoms with van der Waals surface area (Å²) in [6, 6.07) is 2.77. The molecular formula is C20H16F6O6. The average Bonchev–Trinajstić information content (AvgIpc) is 2.74. The summed E-state index contributed by atoms with van der Waals surface area (Å²) in [5.74, 6) is -1.97. The molecule has 0 fully saturated rings. The third-order valence-corrected chi connectivity index (χ3v) is 4.14. The lowest BCUT2D eigenvalue weighted by molar-refractivity contribution is -0.143. The predicted octanol–water partition coefficient (Wildman–Crippen LogP) is 4.79. The van der Waals surface area contributed by atoms with E-state index in [0.717, 1.165) is 0 Å². The standard InChI is InChI=1S/C20H16F6O6/c1-29-15-6-10(7-16(30-2)17(15)31-3)14(27)9-32-18(28)11-4-12(19(21,22)23)8-13(5-11)20(24,25)26/h4-8H,9H2,1-3H3. The van der Waals surface area contributed by atoms with E-state index in [1.54, 1.807) is 0 Å². The van der Waals surface area contributed by atoms with Crippen LogP contribution >= 0.6 is 0 Å². The molecule has 12 heteroatoms. The molecule has 174 valence electrons. The molecule has 32 heavy (non-hydrogen) atoms. The first-order valence-corrected chi connectivity index (χ1v) is 8.61. The van der Waals surface area contributed by atoms with E-state index in [2.05, 4.69) is 4.74 Å². The minimum Gasteiger partial charge on any atom is -0.493 e. The van der Waals surface area contributed by atoms with Gasteiger partial charge in [0.05, 0.1) is 38.0 Å². The van der Waals surface area contributed by atoms with Crippen LogP contribution < -0.4 is 14.2 Å². The predicted molar refractivity (Wildman–Crippen MR) is 97.2 cm³/mol. The van der Waals surface area contributed by atoms with Gasteiger partial charge in [0, 0.05) is 5.56 Å². The SMILES string of the molecule is COc1cc(C(=O)COC(=O)c2cc(C(F)(F)F)cc(C(F)(F)F)c2)cc(OC)c1OC. The van der Waals surface area contributed by atoms with Gasteiger partial charge in [0.2, 0.25) is 11.5 Å². The molecule has 0 aromatic heterocycles. The van der Waals surface area contributed by atoms with E-state index in [9.17, 15) is 35.9 Å². The molecule has 0 aliphatic rings. The average molecular weight is 466 g/mol. The molecule has 2 aromatic rings. The molecule has 0 amide bonds. The third-order valence-electron chi connectivity index (χ3n) is 4.14. The number of rotatable bonds is 7. The van der Waals surface area contributed by atoms with Gasteiger partial charge in [0.15, 0.2) is 18.1 Å². The number of esters is 1. The maximum Gasteiger partial charge on any atom is 0.416 e. The van der Waals surface area contributed by atoms with E-state index < -0.39 is 47.4 Å². The van der Waals surface area contributed by atoms with E-state index in [0.29, 0.717) is 0 Å². The number of ketones is 1. The zero-order valence-corrected chi connectivity index (χ0v) is 16.8. The number of hydrogen-bond acceptors (Lipinski definition) is 6. The van der Waals surface area contributed by atoms with Gasteiger partial charge in [-0.1, -0.05) is 0 Å². The summed E-state index contributed by atoms with van der Waals surface area (Å²) in [6.07, 6.45) is -10.3. The summed E-state index contributed by atoms with van der Waals surface area (Å²) in [7, 11) is 3.91. The Morgan fingerprint density at radius 3 is 1.56 bits per heavy atom. The van der Waals surface area contributed by atoms with Crippen molar-refractivity contribution in [1.82, 2.24) is 0 Å². The fraction of sp³-hybridized carbons (Fsp3) is 0.300. The van der Waals surface area contributed by atoms with E-state index >= 15 is 0 Å². The van der Waals surface area contributed by atoms with Crippen LogP contribution in [0, 0.1) is 0 Å². The Morgan fingerprint density at radius 1 is 0.719 bits per heavy atom. The van der Waals surface area contributed by atoms with Crippen LogP contribution in [0.25, 0.3) is 0 Å². The number of benzene rings is 2. The number of carbonyl (C=O) groups is 2. The summed E-state index contributed by atoms with van der Waals surface area (Å²) >= 11 is 0. The van der Waals surface area contributed by atoms with Crippen LogP contribution in [0.3, 0.4) is 0 Å². The Morgan fingerprint density at radius 2 is 1.19 bits per heavy atom. The number of alkyl halides is 6. The highest BCUT2D eigenvalue weighted by Crippen LogP contribution is 2.39. The van der Waals surface area contributed by atoms with Crippen molar-refractivity contribution in [2.24, 2.45) is 0 Å². The highest BCUT2D eigenvalue weighted by molar-refractivity contribution is 6.00. The van der Waals surface area contributed by atoms with Gasteiger partial charge in [-0.25, -0.2) is 4.79 Å². The maximum atomic E-state index is 12.9. The molecule has 0 unspecified atom stereocenters. The number of halogens is 6. The lowest BCUT2D eigenvalue weighted by atomic mass is 10.0. The van der Waals surface area contributed by atoms with Crippen molar-refractivity contribution < 1.29 is 54.9 Å². The van der Waals surface area contributed by atoms with Crippen molar-refractivity contribution in [2.75, 3.05) is 27.9 Å². The summed E-state index contributed by atoms with van der Waals surface area (Å²) in [5.41, 5.74) is -4.44. The van der Waals surface area contributed by atoms with Crippen LogP contribution in [0.15, 0.2) is 30.3 Å².